The fraction of sp³-hybridized carbons (Fsp3) is 0.0769. The van der Waals surface area contributed by atoms with Gasteiger partial charge in [0.2, 0.25) is 0 Å². The molecule has 0 saturated carbocycles. The second-order valence-corrected chi connectivity index (χ2v) is 10.5. The summed E-state index contributed by atoms with van der Waals surface area (Å²) in [6.45, 7) is 4.27. The first-order chi connectivity index (χ1) is 14.2. The zero-order valence-corrected chi connectivity index (χ0v) is 18.8. The number of benzene rings is 4. The average molecular weight is 429 g/mol. The number of hydrogen-bond acceptors (Lipinski definition) is 3. The highest BCUT2D eigenvalue weighted by Gasteiger charge is 2.14. The normalized spacial score (nSPS) is 11.4. The van der Waals surface area contributed by atoms with Crippen LogP contribution in [0.15, 0.2) is 105 Å². The summed E-state index contributed by atoms with van der Waals surface area (Å²) in [7, 11) is 0. The molecule has 0 spiro atoms. The van der Waals surface area contributed by atoms with E-state index >= 15 is 0 Å². The van der Waals surface area contributed by atoms with Crippen LogP contribution in [-0.4, -0.2) is 0 Å². The van der Waals surface area contributed by atoms with Gasteiger partial charge in [-0.3, -0.25) is 0 Å². The van der Waals surface area contributed by atoms with Crippen LogP contribution in [0.1, 0.15) is 11.1 Å². The van der Waals surface area contributed by atoms with Crippen LogP contribution in [0, 0.1) is 13.8 Å². The molecule has 0 atom stereocenters. The molecule has 1 heterocycles. The Balaban J connectivity index is 1.65. The van der Waals surface area contributed by atoms with Crippen molar-refractivity contribution in [2.45, 2.75) is 33.4 Å². The van der Waals surface area contributed by atoms with Gasteiger partial charge in [-0.05, 0) is 62.4 Å². The summed E-state index contributed by atoms with van der Waals surface area (Å²) >= 11 is 5.61. The van der Waals surface area contributed by atoms with Gasteiger partial charge in [-0.2, -0.15) is 0 Å². The van der Waals surface area contributed by atoms with Gasteiger partial charge in [0.15, 0.2) is 0 Å². The number of fused-ring (bicyclic) bond motifs is 3. The average Bonchev–Trinajstić information content (AvgIpc) is 3.12. The van der Waals surface area contributed by atoms with Crippen LogP contribution in [0.3, 0.4) is 0 Å². The number of hydrogen-bond donors (Lipinski definition) is 0. The molecular weight excluding hydrogens is 408 g/mol. The Kier molecular flexibility index (Phi) is 5.13. The monoisotopic (exact) mass is 428 g/mol. The predicted molar refractivity (Wildman–Crippen MR) is 130 cm³/mol. The minimum Gasteiger partial charge on any atom is -0.135 e. The summed E-state index contributed by atoms with van der Waals surface area (Å²) in [4.78, 5) is 5.22. The van der Waals surface area contributed by atoms with E-state index in [1.165, 1.54) is 50.9 Å². The lowest BCUT2D eigenvalue weighted by atomic mass is 10.1. The molecule has 4 aromatic carbocycles. The van der Waals surface area contributed by atoms with Crippen molar-refractivity contribution in [2.75, 3.05) is 0 Å². The maximum absolute atomic E-state index is 2.26. The third-order valence-electron chi connectivity index (χ3n) is 4.94. The lowest BCUT2D eigenvalue weighted by Gasteiger charge is -2.08. The number of thiophene rings is 1. The van der Waals surface area contributed by atoms with E-state index in [2.05, 4.69) is 98.8 Å². The van der Waals surface area contributed by atoms with Crippen LogP contribution in [0.4, 0.5) is 0 Å². The SMILES string of the molecule is Cc1ccc(Sc2cccc3sc4cccc(Sc5ccc(C)cc5)c4c23)cc1. The van der Waals surface area contributed by atoms with E-state index in [1.807, 2.05) is 34.9 Å². The lowest BCUT2D eigenvalue weighted by Crippen LogP contribution is -1.80. The minimum absolute atomic E-state index is 1.28. The maximum Gasteiger partial charge on any atom is 0.0367 e. The molecule has 0 aliphatic carbocycles. The smallest absolute Gasteiger partial charge is 0.0367 e. The highest BCUT2D eigenvalue weighted by molar-refractivity contribution is 8.00. The second kappa shape index (κ2) is 7.91. The Morgan fingerprint density at radius 2 is 0.931 bits per heavy atom. The molecule has 0 saturated heterocycles. The molecule has 0 aliphatic rings. The zero-order valence-electron chi connectivity index (χ0n) is 16.3. The van der Waals surface area contributed by atoms with Crippen LogP contribution in [0.5, 0.6) is 0 Å². The van der Waals surface area contributed by atoms with Crippen molar-refractivity contribution in [3.05, 3.63) is 96.1 Å². The number of rotatable bonds is 4. The molecule has 29 heavy (non-hydrogen) atoms. The van der Waals surface area contributed by atoms with Crippen LogP contribution < -0.4 is 0 Å². The Bertz CT molecular complexity index is 1190. The fourth-order valence-electron chi connectivity index (χ4n) is 3.44. The van der Waals surface area contributed by atoms with E-state index in [0.29, 0.717) is 0 Å². The summed E-state index contributed by atoms with van der Waals surface area (Å²) in [5, 5.41) is 2.77. The van der Waals surface area contributed by atoms with Crippen molar-refractivity contribution in [1.82, 2.24) is 0 Å². The number of aryl methyl sites for hydroxylation is 2. The van der Waals surface area contributed by atoms with E-state index < -0.39 is 0 Å². The Hall–Kier alpha value is -2.20. The summed E-state index contributed by atoms with van der Waals surface area (Å²) < 4.78 is 2.71. The van der Waals surface area contributed by atoms with Crippen molar-refractivity contribution in [1.29, 1.82) is 0 Å². The van der Waals surface area contributed by atoms with E-state index in [4.69, 9.17) is 0 Å². The van der Waals surface area contributed by atoms with E-state index in [0.717, 1.165) is 0 Å². The molecule has 5 rings (SSSR count). The van der Waals surface area contributed by atoms with E-state index in [-0.39, 0.29) is 0 Å². The largest absolute Gasteiger partial charge is 0.135 e. The molecule has 5 aromatic rings. The molecule has 0 unspecified atom stereocenters. The maximum atomic E-state index is 2.26. The minimum atomic E-state index is 1.28. The van der Waals surface area contributed by atoms with Crippen LogP contribution >= 0.6 is 34.9 Å². The van der Waals surface area contributed by atoms with Gasteiger partial charge in [-0.25, -0.2) is 0 Å². The van der Waals surface area contributed by atoms with Gasteiger partial charge in [-0.15, -0.1) is 11.3 Å². The molecule has 0 amide bonds. The first kappa shape index (κ1) is 18.8. The predicted octanol–water partition coefficient (Wildman–Crippen LogP) is 8.97. The molecule has 0 N–H and O–H groups in total. The highest BCUT2D eigenvalue weighted by Crippen LogP contribution is 2.46. The molecule has 0 bridgehead atoms. The summed E-state index contributed by atoms with van der Waals surface area (Å²) in [6.07, 6.45) is 0. The summed E-state index contributed by atoms with van der Waals surface area (Å²) in [5.41, 5.74) is 2.59. The van der Waals surface area contributed by atoms with Gasteiger partial charge in [0.1, 0.15) is 0 Å². The first-order valence-corrected chi connectivity index (χ1v) is 12.1. The van der Waals surface area contributed by atoms with Crippen LogP contribution in [0.25, 0.3) is 20.2 Å². The highest BCUT2D eigenvalue weighted by atomic mass is 32.2. The quantitative estimate of drug-likeness (QED) is 0.280. The van der Waals surface area contributed by atoms with E-state index in [1.54, 1.807) is 0 Å². The third-order valence-corrected chi connectivity index (χ3v) is 8.20. The van der Waals surface area contributed by atoms with Gasteiger partial charge < -0.3 is 0 Å². The third kappa shape index (κ3) is 3.83. The lowest BCUT2D eigenvalue weighted by molar-refractivity contribution is 1.37. The fourth-order valence-corrected chi connectivity index (χ4v) is 6.70. The Morgan fingerprint density at radius 1 is 0.517 bits per heavy atom. The molecular formula is C26H20S3. The molecule has 142 valence electrons. The van der Waals surface area contributed by atoms with Crippen molar-refractivity contribution >= 4 is 55.0 Å². The van der Waals surface area contributed by atoms with Gasteiger partial charge in [0, 0.05) is 39.8 Å². The Morgan fingerprint density at radius 3 is 1.34 bits per heavy atom. The van der Waals surface area contributed by atoms with Crippen molar-refractivity contribution < 1.29 is 0 Å². The van der Waals surface area contributed by atoms with Gasteiger partial charge in [0.25, 0.3) is 0 Å². The van der Waals surface area contributed by atoms with Gasteiger partial charge >= 0.3 is 0 Å². The van der Waals surface area contributed by atoms with Crippen molar-refractivity contribution in [3.63, 3.8) is 0 Å². The van der Waals surface area contributed by atoms with Crippen LogP contribution in [0.2, 0.25) is 0 Å². The van der Waals surface area contributed by atoms with Crippen molar-refractivity contribution in [3.8, 4) is 0 Å². The molecule has 0 radical (unpaired) electrons. The molecule has 1 aromatic heterocycles. The topological polar surface area (TPSA) is 0 Å². The van der Waals surface area contributed by atoms with E-state index in [9.17, 15) is 0 Å². The summed E-state index contributed by atoms with van der Waals surface area (Å²) in [5.74, 6) is 0. The zero-order chi connectivity index (χ0) is 19.8. The van der Waals surface area contributed by atoms with Crippen LogP contribution in [-0.2, 0) is 0 Å². The van der Waals surface area contributed by atoms with Gasteiger partial charge in [0.05, 0.1) is 0 Å². The van der Waals surface area contributed by atoms with Crippen molar-refractivity contribution in [2.24, 2.45) is 0 Å². The second-order valence-electron chi connectivity index (χ2n) is 7.19. The Labute approximate surface area is 184 Å². The molecule has 0 fully saturated rings. The first-order valence-electron chi connectivity index (χ1n) is 9.61. The van der Waals surface area contributed by atoms with Gasteiger partial charge in [-0.1, -0.05) is 71.0 Å². The molecule has 3 heteroatoms. The summed E-state index contributed by atoms with van der Waals surface area (Å²) in [6, 6.07) is 31.0. The molecule has 0 nitrogen and oxygen atoms in total. The standard InChI is InChI=1S/C26H20S3/c1-17-9-13-19(14-10-17)27-21-5-3-7-23-25(21)26-22(6-4-8-24(26)29-23)28-20-15-11-18(2)12-16-20/h3-16H,1-2H3. The molecule has 0 aliphatic heterocycles.